The molecule has 100 valence electrons. The van der Waals surface area contributed by atoms with E-state index in [0.717, 1.165) is 22.5 Å². The van der Waals surface area contributed by atoms with Crippen LogP contribution in [-0.4, -0.2) is 30.7 Å². The second-order valence-electron chi connectivity index (χ2n) is 4.03. The molecule has 1 N–H and O–H groups in total. The van der Waals surface area contributed by atoms with Crippen LogP contribution in [0.1, 0.15) is 14.7 Å². The summed E-state index contributed by atoms with van der Waals surface area (Å²) in [6.07, 6.45) is 1.14. The zero-order chi connectivity index (χ0) is 14.2. The van der Waals surface area contributed by atoms with E-state index in [1.165, 1.54) is 12.1 Å². The number of hydrogen-bond donors (Lipinski definition) is 1. The van der Waals surface area contributed by atoms with Crippen molar-refractivity contribution in [2.45, 2.75) is 11.8 Å². The average molecular weight is 297 g/mol. The van der Waals surface area contributed by atoms with Crippen molar-refractivity contribution < 1.29 is 18.3 Å². The first-order valence-electron chi connectivity index (χ1n) is 5.30. The lowest BCUT2D eigenvalue weighted by Crippen LogP contribution is -1.97. The van der Waals surface area contributed by atoms with Crippen molar-refractivity contribution in [1.82, 2.24) is 4.98 Å². The monoisotopic (exact) mass is 297 g/mol. The Morgan fingerprint density at radius 3 is 2.26 bits per heavy atom. The highest BCUT2D eigenvalue weighted by molar-refractivity contribution is 7.90. The first kappa shape index (κ1) is 13.7. The van der Waals surface area contributed by atoms with Crippen molar-refractivity contribution in [3.63, 3.8) is 0 Å². The van der Waals surface area contributed by atoms with Gasteiger partial charge in [0.2, 0.25) is 5.01 Å². The molecule has 0 amide bonds. The Morgan fingerprint density at radius 2 is 1.84 bits per heavy atom. The predicted molar refractivity (Wildman–Crippen MR) is 72.4 cm³/mol. The molecule has 0 aliphatic carbocycles. The number of hydrogen-bond acceptors (Lipinski definition) is 5. The van der Waals surface area contributed by atoms with Crippen LogP contribution < -0.4 is 0 Å². The summed E-state index contributed by atoms with van der Waals surface area (Å²) in [5.74, 6) is -1.06. The molecule has 0 aliphatic heterocycles. The molecule has 5 nitrogen and oxygen atoms in total. The van der Waals surface area contributed by atoms with E-state index in [1.807, 2.05) is 0 Å². The summed E-state index contributed by atoms with van der Waals surface area (Å²) in [6, 6.07) is 6.24. The Balaban J connectivity index is 2.46. The number of aromatic carboxylic acids is 1. The number of sulfone groups is 1. The molecule has 0 spiro atoms. The minimum absolute atomic E-state index is 0.0275. The van der Waals surface area contributed by atoms with Crippen LogP contribution in [0.3, 0.4) is 0 Å². The van der Waals surface area contributed by atoms with Gasteiger partial charge in [-0.05, 0) is 19.1 Å². The van der Waals surface area contributed by atoms with Crippen LogP contribution in [0.5, 0.6) is 0 Å². The van der Waals surface area contributed by atoms with E-state index in [0.29, 0.717) is 11.3 Å². The molecule has 7 heteroatoms. The van der Waals surface area contributed by atoms with Gasteiger partial charge in [-0.25, -0.2) is 18.2 Å². The third-order valence-electron chi connectivity index (χ3n) is 2.54. The van der Waals surface area contributed by atoms with E-state index in [1.54, 1.807) is 19.1 Å². The summed E-state index contributed by atoms with van der Waals surface area (Å²) in [7, 11) is -3.23. The number of aryl methyl sites for hydroxylation is 1. The van der Waals surface area contributed by atoms with Gasteiger partial charge in [-0.1, -0.05) is 12.1 Å². The van der Waals surface area contributed by atoms with Gasteiger partial charge in [0.15, 0.2) is 9.84 Å². The first-order chi connectivity index (χ1) is 8.79. The van der Waals surface area contributed by atoms with Gasteiger partial charge >= 0.3 is 5.97 Å². The standard InChI is InChI=1S/C12H11NO4S2/c1-7-10(13-11(18-7)12(14)15)8-3-5-9(6-4-8)19(2,16)17/h3-6H,1-2H3,(H,14,15). The largest absolute Gasteiger partial charge is 0.476 e. The third-order valence-corrected chi connectivity index (χ3v) is 4.62. The number of aromatic nitrogens is 1. The van der Waals surface area contributed by atoms with Crippen LogP contribution in [0.2, 0.25) is 0 Å². The van der Waals surface area contributed by atoms with Gasteiger partial charge in [0.05, 0.1) is 10.6 Å². The topological polar surface area (TPSA) is 84.3 Å². The van der Waals surface area contributed by atoms with Crippen molar-refractivity contribution in [2.75, 3.05) is 6.26 Å². The maximum atomic E-state index is 11.3. The molecule has 0 saturated carbocycles. The van der Waals surface area contributed by atoms with Crippen molar-refractivity contribution in [1.29, 1.82) is 0 Å². The molecule has 0 saturated heterocycles. The lowest BCUT2D eigenvalue weighted by atomic mass is 10.1. The number of nitrogens with zero attached hydrogens (tertiary/aromatic N) is 1. The molecule has 0 atom stereocenters. The SMILES string of the molecule is Cc1sc(C(=O)O)nc1-c1ccc(S(C)(=O)=O)cc1. The van der Waals surface area contributed by atoms with Crippen LogP contribution >= 0.6 is 11.3 Å². The smallest absolute Gasteiger partial charge is 0.365 e. The normalized spacial score (nSPS) is 11.5. The van der Waals surface area contributed by atoms with Crippen LogP contribution in [0.15, 0.2) is 29.2 Å². The minimum atomic E-state index is -3.23. The number of carbonyl (C=O) groups is 1. The lowest BCUT2D eigenvalue weighted by molar-refractivity contribution is 0.0696. The maximum Gasteiger partial charge on any atom is 0.365 e. The molecular formula is C12H11NO4S2. The summed E-state index contributed by atoms with van der Waals surface area (Å²) in [5, 5.41) is 8.92. The molecule has 0 fully saturated rings. The van der Waals surface area contributed by atoms with Gasteiger partial charge in [0, 0.05) is 16.7 Å². The number of rotatable bonds is 3. The highest BCUT2D eigenvalue weighted by atomic mass is 32.2. The lowest BCUT2D eigenvalue weighted by Gasteiger charge is -2.01. The first-order valence-corrected chi connectivity index (χ1v) is 8.01. The minimum Gasteiger partial charge on any atom is -0.476 e. The average Bonchev–Trinajstić information content (AvgIpc) is 2.70. The van der Waals surface area contributed by atoms with Crippen LogP contribution in [0.4, 0.5) is 0 Å². The Kier molecular flexibility index (Phi) is 3.42. The van der Waals surface area contributed by atoms with E-state index in [-0.39, 0.29) is 9.90 Å². The van der Waals surface area contributed by atoms with Crippen molar-refractivity contribution in [3.05, 3.63) is 34.2 Å². The van der Waals surface area contributed by atoms with Crippen molar-refractivity contribution in [3.8, 4) is 11.3 Å². The van der Waals surface area contributed by atoms with E-state index in [2.05, 4.69) is 4.98 Å². The Morgan fingerprint density at radius 1 is 1.26 bits per heavy atom. The number of carboxylic acids is 1. The van der Waals surface area contributed by atoms with Gasteiger partial charge < -0.3 is 5.11 Å². The van der Waals surface area contributed by atoms with Crippen LogP contribution in [0, 0.1) is 6.92 Å². The fourth-order valence-corrected chi connectivity index (χ4v) is 3.02. The molecule has 0 aliphatic rings. The zero-order valence-corrected chi connectivity index (χ0v) is 11.9. The van der Waals surface area contributed by atoms with E-state index < -0.39 is 15.8 Å². The van der Waals surface area contributed by atoms with E-state index in [9.17, 15) is 13.2 Å². The van der Waals surface area contributed by atoms with Crippen molar-refractivity contribution >= 4 is 27.1 Å². The Hall–Kier alpha value is -1.73. The summed E-state index contributed by atoms with van der Waals surface area (Å²) >= 11 is 1.10. The molecule has 0 radical (unpaired) electrons. The molecule has 2 aromatic rings. The quantitative estimate of drug-likeness (QED) is 0.939. The second-order valence-corrected chi connectivity index (χ2v) is 7.24. The van der Waals surface area contributed by atoms with Gasteiger partial charge in [-0.3, -0.25) is 0 Å². The Bertz CT molecular complexity index is 730. The molecule has 19 heavy (non-hydrogen) atoms. The molecule has 2 rings (SSSR count). The van der Waals surface area contributed by atoms with Gasteiger partial charge in [-0.15, -0.1) is 11.3 Å². The molecular weight excluding hydrogens is 286 g/mol. The van der Waals surface area contributed by atoms with Crippen LogP contribution in [-0.2, 0) is 9.84 Å². The van der Waals surface area contributed by atoms with Crippen molar-refractivity contribution in [2.24, 2.45) is 0 Å². The number of benzene rings is 1. The predicted octanol–water partition coefficient (Wildman–Crippen LogP) is 2.22. The fraction of sp³-hybridized carbons (Fsp3) is 0.167. The summed E-state index contributed by atoms with van der Waals surface area (Å²) in [5.41, 5.74) is 1.27. The fourth-order valence-electron chi connectivity index (χ4n) is 1.62. The molecule has 0 unspecified atom stereocenters. The summed E-state index contributed by atoms with van der Waals surface area (Å²) in [6.45, 7) is 1.78. The van der Waals surface area contributed by atoms with Gasteiger partial charge in [0.1, 0.15) is 0 Å². The zero-order valence-electron chi connectivity index (χ0n) is 10.2. The summed E-state index contributed by atoms with van der Waals surface area (Å²) < 4.78 is 22.7. The third kappa shape index (κ3) is 2.82. The highest BCUT2D eigenvalue weighted by Crippen LogP contribution is 2.28. The Labute approximate surface area is 114 Å². The van der Waals surface area contributed by atoms with Gasteiger partial charge in [0.25, 0.3) is 0 Å². The maximum absolute atomic E-state index is 11.3. The molecule has 1 heterocycles. The molecule has 0 bridgehead atoms. The van der Waals surface area contributed by atoms with E-state index in [4.69, 9.17) is 5.11 Å². The highest BCUT2D eigenvalue weighted by Gasteiger charge is 2.15. The number of carboxylic acid groups (broad SMARTS) is 1. The molecule has 1 aromatic carbocycles. The van der Waals surface area contributed by atoms with Crippen LogP contribution in [0.25, 0.3) is 11.3 Å². The summed E-state index contributed by atoms with van der Waals surface area (Å²) in [4.78, 5) is 15.9. The van der Waals surface area contributed by atoms with Gasteiger partial charge in [-0.2, -0.15) is 0 Å². The molecule has 1 aromatic heterocycles. The van der Waals surface area contributed by atoms with E-state index >= 15 is 0 Å². The second kappa shape index (κ2) is 4.75. The number of thiazole rings is 1.